The summed E-state index contributed by atoms with van der Waals surface area (Å²) in [6, 6.07) is 0. The second kappa shape index (κ2) is 8.28. The minimum Gasteiger partial charge on any atom is -0.475 e. The molecule has 0 saturated carbocycles. The van der Waals surface area contributed by atoms with E-state index in [-0.39, 0.29) is 5.54 Å². The Morgan fingerprint density at radius 3 is 1.35 bits per heavy atom. The maximum atomic E-state index is 12.0. The molecule has 15 heteroatoms. The lowest BCUT2D eigenvalue weighted by atomic mass is 9.79. The Balaban J connectivity index is 0.000000390. The van der Waals surface area contributed by atoms with Crippen LogP contribution in [0.15, 0.2) is 0 Å². The van der Waals surface area contributed by atoms with E-state index in [1.165, 1.54) is 4.90 Å². The fraction of sp³-hybridized carbons (Fsp3) is 0.818. The molecule has 154 valence electrons. The summed E-state index contributed by atoms with van der Waals surface area (Å²) in [5.41, 5.74) is -0.129. The van der Waals surface area contributed by atoms with Gasteiger partial charge in [-0.2, -0.15) is 39.5 Å². The summed E-state index contributed by atoms with van der Waals surface area (Å²) in [6.45, 7) is 1.31. The van der Waals surface area contributed by atoms with Gasteiger partial charge in [-0.15, -0.1) is 0 Å². The third-order valence-electron chi connectivity index (χ3n) is 3.28. The van der Waals surface area contributed by atoms with Gasteiger partial charge in [-0.1, -0.05) is 0 Å². The maximum Gasteiger partial charge on any atom is 0.490 e. The van der Waals surface area contributed by atoms with Gasteiger partial charge < -0.3 is 15.5 Å². The van der Waals surface area contributed by atoms with Crippen LogP contribution in [-0.4, -0.2) is 77.3 Å². The number of hydrogen-bond donors (Lipinski definition) is 3. The van der Waals surface area contributed by atoms with Gasteiger partial charge in [-0.3, -0.25) is 4.90 Å². The van der Waals surface area contributed by atoms with Crippen molar-refractivity contribution in [2.24, 2.45) is 0 Å². The summed E-state index contributed by atoms with van der Waals surface area (Å²) in [4.78, 5) is 19.3. The second-order valence-corrected chi connectivity index (χ2v) is 5.22. The van der Waals surface area contributed by atoms with E-state index in [1.807, 2.05) is 0 Å². The molecule has 2 aliphatic rings. The van der Waals surface area contributed by atoms with Gasteiger partial charge in [0.25, 0.3) is 0 Å². The highest BCUT2D eigenvalue weighted by Crippen LogP contribution is 2.36. The Labute approximate surface area is 139 Å². The van der Waals surface area contributed by atoms with Crippen LogP contribution in [0.3, 0.4) is 0 Å². The summed E-state index contributed by atoms with van der Waals surface area (Å²) < 4.78 is 99.4. The van der Waals surface area contributed by atoms with Crippen LogP contribution in [0.25, 0.3) is 0 Å². The fourth-order valence-corrected chi connectivity index (χ4v) is 1.86. The number of rotatable bonds is 1. The molecule has 2 saturated heterocycles. The van der Waals surface area contributed by atoms with E-state index in [1.54, 1.807) is 0 Å². The van der Waals surface area contributed by atoms with Crippen molar-refractivity contribution >= 4 is 11.9 Å². The molecule has 0 aliphatic carbocycles. The van der Waals surface area contributed by atoms with Crippen LogP contribution < -0.4 is 5.32 Å². The Hall–Kier alpha value is -1.77. The van der Waals surface area contributed by atoms with E-state index in [9.17, 15) is 39.5 Å². The van der Waals surface area contributed by atoms with Crippen molar-refractivity contribution in [2.45, 2.75) is 30.5 Å². The van der Waals surface area contributed by atoms with Crippen LogP contribution in [-0.2, 0) is 9.59 Å². The number of likely N-dealkylation sites (tertiary alicyclic amines) is 1. The topological polar surface area (TPSA) is 89.9 Å². The quantitative estimate of drug-likeness (QED) is 0.574. The first-order valence-electron chi connectivity index (χ1n) is 6.53. The van der Waals surface area contributed by atoms with Gasteiger partial charge in [0, 0.05) is 25.2 Å². The van der Waals surface area contributed by atoms with E-state index in [2.05, 4.69) is 5.32 Å². The standard InChI is InChI=1S/C7H11F3N2.2C2HF3O2/c8-7(9,10)5-12-2-1-6(12)3-11-4-6;2*3-2(4,5)1(6)7/h11H,1-5H2;2*(H,6,7). The van der Waals surface area contributed by atoms with Crippen LogP contribution in [0.4, 0.5) is 39.5 Å². The third kappa shape index (κ3) is 8.07. The monoisotopic (exact) mass is 408 g/mol. The zero-order valence-corrected chi connectivity index (χ0v) is 12.6. The number of alkyl halides is 9. The predicted octanol–water partition coefficient (Wildman–Crippen LogP) is 1.86. The number of nitrogens with zero attached hydrogens (tertiary/aromatic N) is 1. The molecule has 0 amide bonds. The molecule has 2 aliphatic heterocycles. The fourth-order valence-electron chi connectivity index (χ4n) is 1.86. The molecular weight excluding hydrogens is 395 g/mol. The van der Waals surface area contributed by atoms with Crippen molar-refractivity contribution in [3.63, 3.8) is 0 Å². The summed E-state index contributed by atoms with van der Waals surface area (Å²) in [5.74, 6) is -5.51. The van der Waals surface area contributed by atoms with Crippen molar-refractivity contribution in [1.29, 1.82) is 0 Å². The van der Waals surface area contributed by atoms with E-state index >= 15 is 0 Å². The molecule has 0 atom stereocenters. The number of carboxylic acid groups (broad SMARTS) is 2. The first-order chi connectivity index (χ1) is 11.4. The summed E-state index contributed by atoms with van der Waals surface area (Å²) >= 11 is 0. The first kappa shape index (κ1) is 24.2. The highest BCUT2D eigenvalue weighted by atomic mass is 19.4. The lowest BCUT2D eigenvalue weighted by Crippen LogP contribution is -2.76. The van der Waals surface area contributed by atoms with E-state index < -0.39 is 37.0 Å². The SMILES string of the molecule is FC(F)(F)CN1CCC12CNC2.O=C(O)C(F)(F)F.O=C(O)C(F)(F)F. The molecule has 0 aromatic heterocycles. The first-order valence-corrected chi connectivity index (χ1v) is 6.53. The normalized spacial score (nSPS) is 19.1. The van der Waals surface area contributed by atoms with Gasteiger partial charge in [0.2, 0.25) is 0 Å². The van der Waals surface area contributed by atoms with Crippen LogP contribution in [0.1, 0.15) is 6.42 Å². The van der Waals surface area contributed by atoms with Crippen molar-refractivity contribution in [3.8, 4) is 0 Å². The maximum absolute atomic E-state index is 12.0. The van der Waals surface area contributed by atoms with E-state index in [4.69, 9.17) is 19.8 Å². The minimum absolute atomic E-state index is 0.129. The Bertz CT molecular complexity index is 468. The van der Waals surface area contributed by atoms with Crippen LogP contribution >= 0.6 is 0 Å². The lowest BCUT2D eigenvalue weighted by Gasteiger charge is -2.58. The summed E-state index contributed by atoms with van der Waals surface area (Å²) in [7, 11) is 0. The molecule has 0 aromatic carbocycles. The Morgan fingerprint density at radius 2 is 1.23 bits per heavy atom. The number of nitrogens with one attached hydrogen (secondary N) is 1. The van der Waals surface area contributed by atoms with E-state index in [0.29, 0.717) is 6.54 Å². The van der Waals surface area contributed by atoms with Crippen LogP contribution in [0, 0.1) is 0 Å². The molecule has 2 heterocycles. The zero-order chi connectivity index (χ0) is 21.0. The second-order valence-electron chi connectivity index (χ2n) is 5.22. The molecule has 1 spiro atoms. The molecule has 2 rings (SSSR count). The molecule has 0 aromatic rings. The van der Waals surface area contributed by atoms with Crippen LogP contribution in [0.2, 0.25) is 0 Å². The number of carboxylic acids is 2. The molecule has 2 fully saturated rings. The Kier molecular flexibility index (Phi) is 7.72. The minimum atomic E-state index is -5.08. The number of carbonyl (C=O) groups is 2. The van der Waals surface area contributed by atoms with Crippen molar-refractivity contribution in [3.05, 3.63) is 0 Å². The summed E-state index contributed by atoms with van der Waals surface area (Å²) in [5, 5.41) is 17.3. The highest BCUT2D eigenvalue weighted by molar-refractivity contribution is 5.73. The average Bonchev–Trinajstić information content (AvgIpc) is 2.31. The number of halogens is 9. The smallest absolute Gasteiger partial charge is 0.475 e. The largest absolute Gasteiger partial charge is 0.490 e. The molecule has 0 bridgehead atoms. The number of aliphatic carboxylic acids is 2. The van der Waals surface area contributed by atoms with E-state index in [0.717, 1.165) is 19.5 Å². The molecule has 26 heavy (non-hydrogen) atoms. The van der Waals surface area contributed by atoms with Crippen LogP contribution in [0.5, 0.6) is 0 Å². The van der Waals surface area contributed by atoms with Crippen molar-refractivity contribution < 1.29 is 59.3 Å². The average molecular weight is 408 g/mol. The third-order valence-corrected chi connectivity index (χ3v) is 3.28. The van der Waals surface area contributed by atoms with Gasteiger partial charge in [-0.25, -0.2) is 9.59 Å². The zero-order valence-electron chi connectivity index (χ0n) is 12.6. The molecule has 3 N–H and O–H groups in total. The summed E-state index contributed by atoms with van der Waals surface area (Å²) in [6.07, 6.45) is -13.3. The van der Waals surface area contributed by atoms with Gasteiger partial charge >= 0.3 is 30.5 Å². The molecular formula is C11H13F9N2O4. The van der Waals surface area contributed by atoms with Crippen molar-refractivity contribution in [2.75, 3.05) is 26.2 Å². The van der Waals surface area contributed by atoms with Gasteiger partial charge in [0.05, 0.1) is 6.54 Å². The van der Waals surface area contributed by atoms with Gasteiger partial charge in [0.1, 0.15) is 0 Å². The lowest BCUT2D eigenvalue weighted by molar-refractivity contribution is -0.193. The van der Waals surface area contributed by atoms with Gasteiger partial charge in [-0.05, 0) is 6.42 Å². The van der Waals surface area contributed by atoms with Crippen molar-refractivity contribution in [1.82, 2.24) is 10.2 Å². The predicted molar refractivity (Wildman–Crippen MR) is 65.2 cm³/mol. The Morgan fingerprint density at radius 1 is 0.885 bits per heavy atom. The molecule has 6 nitrogen and oxygen atoms in total. The number of hydrogen-bond acceptors (Lipinski definition) is 4. The highest BCUT2D eigenvalue weighted by Gasteiger charge is 2.52. The molecule has 0 unspecified atom stereocenters. The van der Waals surface area contributed by atoms with Gasteiger partial charge in [0.15, 0.2) is 0 Å². The molecule has 0 radical (unpaired) electrons.